The summed E-state index contributed by atoms with van der Waals surface area (Å²) in [6.07, 6.45) is -2.78. The second kappa shape index (κ2) is 14.0. The van der Waals surface area contributed by atoms with Crippen LogP contribution in [0.2, 0.25) is 0 Å². The molecule has 0 spiro atoms. The third-order valence-corrected chi connectivity index (χ3v) is 10.9. The quantitative estimate of drug-likeness (QED) is 0.165. The van der Waals surface area contributed by atoms with Gasteiger partial charge in [-0.25, -0.2) is 9.59 Å². The molecular formula is C40H46O10. The number of benzene rings is 2. The maximum Gasteiger partial charge on any atom is 0.338 e. The first-order valence-corrected chi connectivity index (χ1v) is 16.9. The van der Waals surface area contributed by atoms with Gasteiger partial charge in [-0.15, -0.1) is 0 Å². The van der Waals surface area contributed by atoms with Crippen LogP contribution in [0.3, 0.4) is 0 Å². The molecule has 0 amide bonds. The topological polar surface area (TPSA) is 146 Å². The van der Waals surface area contributed by atoms with E-state index in [-0.39, 0.29) is 24.8 Å². The van der Waals surface area contributed by atoms with Crippen molar-refractivity contribution in [1.82, 2.24) is 0 Å². The van der Waals surface area contributed by atoms with Crippen molar-refractivity contribution in [3.8, 4) is 0 Å². The second-order valence-corrected chi connectivity index (χ2v) is 14.4. The Bertz CT molecular complexity index is 1710. The standard InChI is InChI=1S/C40H46O10/c1-23-29(43)22-40(46)35(50-37(45)28-16-12-9-13-17-28)33-24(2)30(49-31(44)19-18-27-14-10-8-11-15-27)20-21-39(33,7)36(48-26(4)42)34(47-25(3)41)32(23)38(40,5)6/h8-19,29-30,33-36,43,46H,2,20-22H2,1,3-7H3/b19-18+/t29-,30-,33-,34+,35+,36-,39+,40+/m0/s1. The largest absolute Gasteiger partial charge is 0.458 e. The van der Waals surface area contributed by atoms with Crippen molar-refractivity contribution >= 4 is 30.0 Å². The van der Waals surface area contributed by atoms with Crippen LogP contribution < -0.4 is 0 Å². The van der Waals surface area contributed by atoms with Crippen LogP contribution in [0, 0.1) is 16.7 Å². The number of aliphatic hydroxyl groups excluding tert-OH is 1. The van der Waals surface area contributed by atoms with E-state index in [0.717, 1.165) is 5.56 Å². The molecular weight excluding hydrogens is 640 g/mol. The van der Waals surface area contributed by atoms with E-state index in [9.17, 15) is 29.4 Å². The lowest BCUT2D eigenvalue weighted by Crippen LogP contribution is -2.71. The van der Waals surface area contributed by atoms with E-state index in [0.29, 0.717) is 16.7 Å². The van der Waals surface area contributed by atoms with Crippen molar-refractivity contribution in [2.45, 2.75) is 96.9 Å². The highest BCUT2D eigenvalue weighted by Gasteiger charge is 2.69. The van der Waals surface area contributed by atoms with Gasteiger partial charge >= 0.3 is 23.9 Å². The van der Waals surface area contributed by atoms with Gasteiger partial charge < -0.3 is 29.2 Å². The van der Waals surface area contributed by atoms with Crippen molar-refractivity contribution in [1.29, 1.82) is 0 Å². The van der Waals surface area contributed by atoms with Gasteiger partial charge in [-0.05, 0) is 60.3 Å². The third kappa shape index (κ3) is 6.66. The normalized spacial score (nSPS) is 31.9. The fraction of sp³-hybridized carbons (Fsp3) is 0.450. The summed E-state index contributed by atoms with van der Waals surface area (Å²) in [5.74, 6) is -3.71. The van der Waals surface area contributed by atoms with Gasteiger partial charge in [0.2, 0.25) is 0 Å². The number of esters is 4. The molecule has 2 saturated carbocycles. The maximum absolute atomic E-state index is 13.9. The second-order valence-electron chi connectivity index (χ2n) is 14.4. The monoisotopic (exact) mass is 686 g/mol. The molecule has 0 heterocycles. The smallest absolute Gasteiger partial charge is 0.338 e. The van der Waals surface area contributed by atoms with Crippen LogP contribution >= 0.6 is 0 Å². The average molecular weight is 687 g/mol. The Labute approximate surface area is 292 Å². The molecule has 0 aliphatic heterocycles. The Morgan fingerprint density at radius 2 is 1.46 bits per heavy atom. The molecule has 3 aliphatic rings. The summed E-state index contributed by atoms with van der Waals surface area (Å²) in [4.78, 5) is 52.7. The van der Waals surface area contributed by atoms with Crippen molar-refractivity contribution in [2.24, 2.45) is 16.7 Å². The molecule has 5 rings (SSSR count). The minimum absolute atomic E-state index is 0.220. The molecule has 2 bridgehead atoms. The molecule has 8 atom stereocenters. The molecule has 10 heteroatoms. The Morgan fingerprint density at radius 1 is 0.860 bits per heavy atom. The SMILES string of the molecule is C=C1[C@@H](OC(=O)/C=C/c2ccccc2)CC[C@@]2(C)[C@@H](OC(C)=O)[C@H](OC(C)=O)C3=C(C)[C@@H](O)C[C@@](O)([C@H](OC(=O)c4ccccc4)[C@H]12)C3(C)C. The number of carbonyl (C=O) groups excluding carboxylic acids is 4. The molecule has 2 aromatic carbocycles. The average Bonchev–Trinajstić information content (AvgIpc) is 3.06. The number of hydrogen-bond donors (Lipinski definition) is 2. The zero-order chi connectivity index (χ0) is 36.6. The predicted molar refractivity (Wildman–Crippen MR) is 184 cm³/mol. The highest BCUT2D eigenvalue weighted by molar-refractivity contribution is 5.89. The summed E-state index contributed by atoms with van der Waals surface area (Å²) >= 11 is 0. The van der Waals surface area contributed by atoms with E-state index < -0.39 is 76.7 Å². The van der Waals surface area contributed by atoms with E-state index in [1.807, 2.05) is 37.3 Å². The van der Waals surface area contributed by atoms with Crippen molar-refractivity contribution in [2.75, 3.05) is 0 Å². The molecule has 3 aliphatic carbocycles. The summed E-state index contributed by atoms with van der Waals surface area (Å²) in [6, 6.07) is 17.5. The summed E-state index contributed by atoms with van der Waals surface area (Å²) in [7, 11) is 0. The van der Waals surface area contributed by atoms with Crippen LogP contribution in [-0.2, 0) is 33.3 Å². The maximum atomic E-state index is 13.9. The molecule has 0 saturated heterocycles. The first-order chi connectivity index (χ1) is 23.5. The Hall–Kier alpha value is -4.54. The summed E-state index contributed by atoms with van der Waals surface area (Å²) in [6.45, 7) is 13.8. The van der Waals surface area contributed by atoms with Gasteiger partial charge in [-0.3, -0.25) is 9.59 Å². The van der Waals surface area contributed by atoms with Gasteiger partial charge in [0.15, 0.2) is 6.10 Å². The van der Waals surface area contributed by atoms with Crippen LogP contribution in [0.25, 0.3) is 6.08 Å². The lowest BCUT2D eigenvalue weighted by Gasteiger charge is -2.62. The Morgan fingerprint density at radius 3 is 2.06 bits per heavy atom. The molecule has 2 aromatic rings. The summed E-state index contributed by atoms with van der Waals surface area (Å²) < 4.78 is 24.4. The molecule has 266 valence electrons. The number of carbonyl (C=O) groups is 4. The number of aliphatic hydroxyl groups is 2. The van der Waals surface area contributed by atoms with E-state index in [2.05, 4.69) is 6.58 Å². The van der Waals surface area contributed by atoms with Crippen molar-refractivity contribution in [3.05, 3.63) is 101 Å². The third-order valence-electron chi connectivity index (χ3n) is 10.9. The van der Waals surface area contributed by atoms with E-state index in [1.165, 1.54) is 19.9 Å². The number of rotatable bonds is 7. The van der Waals surface area contributed by atoms with Crippen LogP contribution in [0.4, 0.5) is 0 Å². The van der Waals surface area contributed by atoms with Gasteiger partial charge in [-0.2, -0.15) is 0 Å². The molecule has 2 N–H and O–H groups in total. The van der Waals surface area contributed by atoms with E-state index in [4.69, 9.17) is 18.9 Å². The fourth-order valence-corrected chi connectivity index (χ4v) is 8.34. The van der Waals surface area contributed by atoms with Gasteiger partial charge in [-0.1, -0.05) is 75.9 Å². The van der Waals surface area contributed by atoms with Gasteiger partial charge in [0.25, 0.3) is 0 Å². The van der Waals surface area contributed by atoms with E-state index >= 15 is 0 Å². The number of fused-ring (bicyclic) bond motifs is 3. The Kier molecular flexibility index (Phi) is 10.3. The first-order valence-electron chi connectivity index (χ1n) is 16.9. The first kappa shape index (κ1) is 36.7. The fourth-order valence-electron chi connectivity index (χ4n) is 8.34. The van der Waals surface area contributed by atoms with Crippen molar-refractivity contribution < 1.29 is 48.3 Å². The molecule has 50 heavy (non-hydrogen) atoms. The molecule has 0 aromatic heterocycles. The molecule has 0 unspecified atom stereocenters. The minimum atomic E-state index is -1.99. The zero-order valence-corrected chi connectivity index (χ0v) is 29.4. The van der Waals surface area contributed by atoms with Crippen LogP contribution in [0.5, 0.6) is 0 Å². The zero-order valence-electron chi connectivity index (χ0n) is 29.4. The lowest BCUT2D eigenvalue weighted by molar-refractivity contribution is -0.233. The van der Waals surface area contributed by atoms with Gasteiger partial charge in [0, 0.05) is 43.1 Å². The number of ether oxygens (including phenoxy) is 4. The summed E-state index contributed by atoms with van der Waals surface area (Å²) in [5.41, 5.74) is -2.36. The highest BCUT2D eigenvalue weighted by Crippen LogP contribution is 2.62. The predicted octanol–water partition coefficient (Wildman–Crippen LogP) is 5.53. The molecule has 10 nitrogen and oxygen atoms in total. The minimum Gasteiger partial charge on any atom is -0.458 e. The van der Waals surface area contributed by atoms with Gasteiger partial charge in [0.05, 0.1) is 11.7 Å². The van der Waals surface area contributed by atoms with Crippen LogP contribution in [-0.4, -0.2) is 70.2 Å². The van der Waals surface area contributed by atoms with Gasteiger partial charge in [0.1, 0.15) is 23.9 Å². The van der Waals surface area contributed by atoms with Crippen molar-refractivity contribution in [3.63, 3.8) is 0 Å². The number of hydrogen-bond acceptors (Lipinski definition) is 10. The van der Waals surface area contributed by atoms with Crippen LogP contribution in [0.1, 0.15) is 76.7 Å². The van der Waals surface area contributed by atoms with E-state index in [1.54, 1.807) is 57.2 Å². The van der Waals surface area contributed by atoms with Crippen LogP contribution in [0.15, 0.2) is 90.0 Å². The lowest BCUT2D eigenvalue weighted by atomic mass is 9.47. The molecule has 0 radical (unpaired) electrons. The summed E-state index contributed by atoms with van der Waals surface area (Å²) in [5, 5.41) is 24.6. The molecule has 2 fully saturated rings. The Balaban J connectivity index is 1.70. The highest BCUT2D eigenvalue weighted by atomic mass is 16.6.